The molecule has 0 bridgehead atoms. The summed E-state index contributed by atoms with van der Waals surface area (Å²) in [6, 6.07) is 8.70. The van der Waals surface area contributed by atoms with Gasteiger partial charge in [0.05, 0.1) is 5.56 Å². The maximum absolute atomic E-state index is 12.3. The van der Waals surface area contributed by atoms with Crippen LogP contribution in [0.4, 0.5) is 11.5 Å². The van der Waals surface area contributed by atoms with E-state index in [4.69, 9.17) is 11.6 Å². The molecule has 2 N–H and O–H groups in total. The minimum Gasteiger partial charge on any atom is -0.385 e. The molecule has 0 spiro atoms. The molecular formula is C14H13BrClN3O. The first-order valence-electron chi connectivity index (χ1n) is 6.06. The van der Waals surface area contributed by atoms with Gasteiger partial charge >= 0.3 is 0 Å². The van der Waals surface area contributed by atoms with Gasteiger partial charge in [0, 0.05) is 27.9 Å². The monoisotopic (exact) mass is 353 g/mol. The van der Waals surface area contributed by atoms with Crippen LogP contribution in [0.5, 0.6) is 0 Å². The lowest BCUT2D eigenvalue weighted by Gasteiger charge is -2.11. The lowest BCUT2D eigenvalue weighted by atomic mass is 10.1. The minimum absolute atomic E-state index is 0.252. The smallest absolute Gasteiger partial charge is 0.258 e. The van der Waals surface area contributed by atoms with Crippen LogP contribution in [0.25, 0.3) is 0 Å². The zero-order valence-corrected chi connectivity index (χ0v) is 13.1. The topological polar surface area (TPSA) is 54.0 Å². The van der Waals surface area contributed by atoms with Gasteiger partial charge < -0.3 is 10.6 Å². The number of anilines is 2. The second-order valence-electron chi connectivity index (χ2n) is 4.04. The number of hydrogen-bond acceptors (Lipinski definition) is 3. The van der Waals surface area contributed by atoms with Crippen LogP contribution in [-0.4, -0.2) is 17.4 Å². The lowest BCUT2D eigenvalue weighted by Crippen LogP contribution is -2.15. The van der Waals surface area contributed by atoms with E-state index in [2.05, 4.69) is 31.5 Å². The van der Waals surface area contributed by atoms with Crippen LogP contribution < -0.4 is 10.6 Å². The van der Waals surface area contributed by atoms with Gasteiger partial charge in [0.25, 0.3) is 5.91 Å². The van der Waals surface area contributed by atoms with Crippen LogP contribution in [-0.2, 0) is 0 Å². The fraction of sp³-hybridized carbons (Fsp3) is 0.143. The zero-order valence-electron chi connectivity index (χ0n) is 10.8. The van der Waals surface area contributed by atoms with Gasteiger partial charge in [-0.1, -0.05) is 11.6 Å². The summed E-state index contributed by atoms with van der Waals surface area (Å²) in [5.74, 6) is 0.235. The van der Waals surface area contributed by atoms with Crippen LogP contribution in [0.2, 0.25) is 5.02 Å². The molecule has 0 unspecified atom stereocenters. The third kappa shape index (κ3) is 3.71. The Hall–Kier alpha value is -1.59. The molecule has 0 aliphatic rings. The highest BCUT2D eigenvalue weighted by Crippen LogP contribution is 2.22. The highest BCUT2D eigenvalue weighted by atomic mass is 79.9. The van der Waals surface area contributed by atoms with Gasteiger partial charge in [0.2, 0.25) is 0 Å². The fourth-order valence-electron chi connectivity index (χ4n) is 1.68. The number of benzene rings is 1. The summed E-state index contributed by atoms with van der Waals surface area (Å²) in [5.41, 5.74) is 1.23. The summed E-state index contributed by atoms with van der Waals surface area (Å²) < 4.78 is 0.853. The van der Waals surface area contributed by atoms with Crippen molar-refractivity contribution < 1.29 is 4.79 Å². The van der Waals surface area contributed by atoms with E-state index in [0.717, 1.165) is 16.7 Å². The molecule has 4 nitrogen and oxygen atoms in total. The van der Waals surface area contributed by atoms with Gasteiger partial charge in [0.1, 0.15) is 5.82 Å². The van der Waals surface area contributed by atoms with E-state index in [0.29, 0.717) is 16.4 Å². The molecular weight excluding hydrogens is 342 g/mol. The van der Waals surface area contributed by atoms with E-state index in [9.17, 15) is 4.79 Å². The molecule has 0 aliphatic heterocycles. The van der Waals surface area contributed by atoms with E-state index in [-0.39, 0.29) is 5.91 Å². The number of nitrogens with one attached hydrogen (secondary N) is 2. The first-order valence-corrected chi connectivity index (χ1v) is 7.23. The molecule has 2 rings (SSSR count). The van der Waals surface area contributed by atoms with Gasteiger partial charge in [-0.2, -0.15) is 0 Å². The molecule has 104 valence electrons. The van der Waals surface area contributed by atoms with Crippen LogP contribution in [0.1, 0.15) is 17.3 Å². The molecule has 6 heteroatoms. The molecule has 0 aliphatic carbocycles. The highest BCUT2D eigenvalue weighted by Gasteiger charge is 2.12. The first kappa shape index (κ1) is 14.8. The van der Waals surface area contributed by atoms with Crippen molar-refractivity contribution >= 4 is 44.9 Å². The summed E-state index contributed by atoms with van der Waals surface area (Å²) in [6.07, 6.45) is 1.62. The third-order valence-corrected chi connectivity index (χ3v) is 3.27. The Morgan fingerprint density at radius 2 is 2.15 bits per heavy atom. The number of nitrogens with zero attached hydrogens (tertiary/aromatic N) is 1. The third-order valence-electron chi connectivity index (χ3n) is 2.56. The summed E-state index contributed by atoms with van der Waals surface area (Å²) >= 11 is 9.25. The van der Waals surface area contributed by atoms with E-state index in [1.807, 2.05) is 13.0 Å². The van der Waals surface area contributed by atoms with Crippen molar-refractivity contribution in [1.82, 2.24) is 4.98 Å². The number of halogens is 2. The number of aromatic nitrogens is 1. The molecule has 1 heterocycles. The number of carbonyl (C=O) groups excluding carboxylic acids is 1. The Bertz CT molecular complexity index is 616. The maximum Gasteiger partial charge on any atom is 0.258 e. The molecule has 0 saturated carbocycles. The number of carbonyl (C=O) groups is 1. The SMILES string of the molecule is CCNc1ccc(Cl)cc1C(=O)Nc1ccc(Br)cn1. The molecule has 0 fully saturated rings. The second kappa shape index (κ2) is 6.72. The standard InChI is InChI=1S/C14H13BrClN3O/c1-2-17-12-5-4-10(16)7-11(12)14(20)19-13-6-3-9(15)8-18-13/h3-8,17H,2H2,1H3,(H,18,19,20). The van der Waals surface area contributed by atoms with E-state index in [1.165, 1.54) is 0 Å². The summed E-state index contributed by atoms with van der Waals surface area (Å²) in [7, 11) is 0. The average molecular weight is 355 g/mol. The van der Waals surface area contributed by atoms with Crippen molar-refractivity contribution in [3.8, 4) is 0 Å². The summed E-state index contributed by atoms with van der Waals surface area (Å²) in [5, 5.41) is 6.39. The summed E-state index contributed by atoms with van der Waals surface area (Å²) in [4.78, 5) is 16.4. The Kier molecular flexibility index (Phi) is 4.98. The molecule has 0 atom stereocenters. The number of amides is 1. The van der Waals surface area contributed by atoms with E-state index < -0.39 is 0 Å². The Balaban J connectivity index is 2.23. The zero-order chi connectivity index (χ0) is 14.5. The molecule has 0 radical (unpaired) electrons. The van der Waals surface area contributed by atoms with Crippen LogP contribution in [0.3, 0.4) is 0 Å². The van der Waals surface area contributed by atoms with Gasteiger partial charge in [-0.3, -0.25) is 4.79 Å². The molecule has 1 aromatic heterocycles. The van der Waals surface area contributed by atoms with Crippen molar-refractivity contribution in [3.63, 3.8) is 0 Å². The van der Waals surface area contributed by atoms with Crippen molar-refractivity contribution in [2.24, 2.45) is 0 Å². The van der Waals surface area contributed by atoms with Gasteiger partial charge in [0.15, 0.2) is 0 Å². The van der Waals surface area contributed by atoms with Gasteiger partial charge in [-0.05, 0) is 53.2 Å². The Labute approximate surface area is 130 Å². The Morgan fingerprint density at radius 3 is 2.80 bits per heavy atom. The fourth-order valence-corrected chi connectivity index (χ4v) is 2.09. The second-order valence-corrected chi connectivity index (χ2v) is 5.39. The van der Waals surface area contributed by atoms with Gasteiger partial charge in [-0.25, -0.2) is 4.98 Å². The molecule has 2 aromatic rings. The predicted molar refractivity (Wildman–Crippen MR) is 85.5 cm³/mol. The molecule has 1 amide bonds. The van der Waals surface area contributed by atoms with Crippen LogP contribution in [0, 0.1) is 0 Å². The number of pyridine rings is 1. The molecule has 1 aromatic carbocycles. The van der Waals surface area contributed by atoms with Crippen molar-refractivity contribution in [3.05, 3.63) is 51.6 Å². The number of rotatable bonds is 4. The minimum atomic E-state index is -0.252. The highest BCUT2D eigenvalue weighted by molar-refractivity contribution is 9.10. The van der Waals surface area contributed by atoms with Crippen molar-refractivity contribution in [1.29, 1.82) is 0 Å². The number of hydrogen-bond donors (Lipinski definition) is 2. The normalized spacial score (nSPS) is 10.2. The average Bonchev–Trinajstić information content (AvgIpc) is 2.43. The summed E-state index contributed by atoms with van der Waals surface area (Å²) in [6.45, 7) is 2.69. The maximum atomic E-state index is 12.3. The predicted octanol–water partition coefficient (Wildman–Crippen LogP) is 4.18. The molecule has 20 heavy (non-hydrogen) atoms. The Morgan fingerprint density at radius 1 is 1.35 bits per heavy atom. The van der Waals surface area contributed by atoms with E-state index >= 15 is 0 Å². The quantitative estimate of drug-likeness (QED) is 0.866. The molecule has 0 saturated heterocycles. The van der Waals surface area contributed by atoms with Crippen LogP contribution in [0.15, 0.2) is 41.0 Å². The lowest BCUT2D eigenvalue weighted by molar-refractivity contribution is 0.102. The van der Waals surface area contributed by atoms with E-state index in [1.54, 1.807) is 30.5 Å². The first-order chi connectivity index (χ1) is 9.60. The van der Waals surface area contributed by atoms with Crippen molar-refractivity contribution in [2.75, 3.05) is 17.2 Å². The van der Waals surface area contributed by atoms with Crippen molar-refractivity contribution in [2.45, 2.75) is 6.92 Å². The largest absolute Gasteiger partial charge is 0.385 e. The van der Waals surface area contributed by atoms with Gasteiger partial charge in [-0.15, -0.1) is 0 Å². The van der Waals surface area contributed by atoms with Crippen LogP contribution >= 0.6 is 27.5 Å².